The second kappa shape index (κ2) is 9.00. The zero-order valence-corrected chi connectivity index (χ0v) is 16.0. The third-order valence-corrected chi connectivity index (χ3v) is 3.93. The van der Waals surface area contributed by atoms with Gasteiger partial charge in [-0.3, -0.25) is 0 Å². The van der Waals surface area contributed by atoms with Gasteiger partial charge in [0.15, 0.2) is 5.82 Å². The summed E-state index contributed by atoms with van der Waals surface area (Å²) in [6.07, 6.45) is 1.70. The molecule has 0 saturated carbocycles. The fourth-order valence-corrected chi connectivity index (χ4v) is 2.60. The van der Waals surface area contributed by atoms with E-state index in [1.807, 2.05) is 62.4 Å². The summed E-state index contributed by atoms with van der Waals surface area (Å²) in [5.41, 5.74) is 4.73. The molecule has 27 heavy (non-hydrogen) atoms. The van der Waals surface area contributed by atoms with Crippen LogP contribution in [0.5, 0.6) is 11.5 Å². The van der Waals surface area contributed by atoms with Crippen LogP contribution in [0.15, 0.2) is 53.6 Å². The first-order valence-electron chi connectivity index (χ1n) is 8.64. The van der Waals surface area contributed by atoms with E-state index in [9.17, 15) is 0 Å². The topological polar surface area (TPSA) is 76.5 Å². The van der Waals surface area contributed by atoms with Crippen LogP contribution in [-0.4, -0.2) is 34.3 Å². The minimum atomic E-state index is 0.419. The summed E-state index contributed by atoms with van der Waals surface area (Å²) in [7, 11) is 0. The number of nitrogens with one attached hydrogen (secondary N) is 2. The Labute approximate surface area is 162 Å². The van der Waals surface area contributed by atoms with Crippen molar-refractivity contribution in [3.63, 3.8) is 0 Å². The van der Waals surface area contributed by atoms with Gasteiger partial charge in [0.1, 0.15) is 11.5 Å². The molecule has 1 aromatic heterocycles. The number of aromatic nitrogens is 3. The quantitative estimate of drug-likeness (QED) is 0.349. The maximum Gasteiger partial charge on any atom is 0.216 e. The Morgan fingerprint density at radius 3 is 2.22 bits per heavy atom. The first kappa shape index (κ1) is 18.7. The third kappa shape index (κ3) is 4.73. The number of H-pyrrole nitrogens is 1. The minimum Gasteiger partial charge on any atom is -0.494 e. The van der Waals surface area contributed by atoms with Crippen molar-refractivity contribution in [3.05, 3.63) is 58.9 Å². The highest BCUT2D eigenvalue weighted by atomic mass is 32.1. The van der Waals surface area contributed by atoms with Crippen LogP contribution in [0.1, 0.15) is 19.4 Å². The molecule has 0 unspecified atom stereocenters. The molecule has 8 heteroatoms. The van der Waals surface area contributed by atoms with Crippen molar-refractivity contribution in [2.45, 2.75) is 13.8 Å². The summed E-state index contributed by atoms with van der Waals surface area (Å²) in [6.45, 7) is 5.17. The fourth-order valence-electron chi connectivity index (χ4n) is 2.43. The van der Waals surface area contributed by atoms with E-state index in [2.05, 4.69) is 20.8 Å². The number of hydrazone groups is 1. The van der Waals surface area contributed by atoms with Gasteiger partial charge in [-0.25, -0.2) is 10.6 Å². The van der Waals surface area contributed by atoms with Gasteiger partial charge >= 0.3 is 0 Å². The van der Waals surface area contributed by atoms with Crippen LogP contribution < -0.4 is 15.0 Å². The normalized spacial score (nSPS) is 10.9. The fraction of sp³-hybridized carbons (Fsp3) is 0.211. The van der Waals surface area contributed by atoms with Gasteiger partial charge in [0, 0.05) is 5.56 Å². The van der Waals surface area contributed by atoms with E-state index in [-0.39, 0.29) is 0 Å². The first-order chi connectivity index (χ1) is 13.2. The molecule has 0 radical (unpaired) electrons. The molecule has 0 aliphatic rings. The Hall–Kier alpha value is -3.13. The Morgan fingerprint density at radius 2 is 1.63 bits per heavy atom. The second-order valence-corrected chi connectivity index (χ2v) is 5.89. The molecule has 2 aromatic carbocycles. The van der Waals surface area contributed by atoms with E-state index >= 15 is 0 Å². The molecule has 0 bridgehead atoms. The number of benzene rings is 2. The van der Waals surface area contributed by atoms with Crippen LogP contribution in [0.3, 0.4) is 0 Å². The van der Waals surface area contributed by atoms with Crippen LogP contribution in [0.4, 0.5) is 0 Å². The highest BCUT2D eigenvalue weighted by Gasteiger charge is 2.08. The number of hydrogen-bond donors (Lipinski definition) is 2. The number of ether oxygens (including phenoxy) is 2. The molecule has 3 aromatic rings. The van der Waals surface area contributed by atoms with E-state index in [1.165, 1.54) is 0 Å². The monoisotopic (exact) mass is 383 g/mol. The van der Waals surface area contributed by atoms with Gasteiger partial charge in [-0.15, -0.1) is 0 Å². The molecule has 0 spiro atoms. The highest BCUT2D eigenvalue weighted by molar-refractivity contribution is 7.71. The summed E-state index contributed by atoms with van der Waals surface area (Å²) >= 11 is 5.28. The van der Waals surface area contributed by atoms with E-state index in [0.29, 0.717) is 23.8 Å². The van der Waals surface area contributed by atoms with Crippen molar-refractivity contribution in [2.75, 3.05) is 18.7 Å². The Balaban J connectivity index is 1.73. The number of aromatic amines is 1. The van der Waals surface area contributed by atoms with Crippen LogP contribution in [0.25, 0.3) is 11.4 Å². The average molecular weight is 383 g/mol. The predicted octanol–water partition coefficient (Wildman–Crippen LogP) is 3.98. The van der Waals surface area contributed by atoms with Crippen molar-refractivity contribution in [1.82, 2.24) is 14.9 Å². The standard InChI is InChI=1S/C19H21N5O2S/c1-3-25-16-9-5-14(6-10-16)13-20-23-24-18(21-22-19(24)27)15-7-11-17(12-8-15)26-4-2/h5-13,23H,3-4H2,1-2H3,(H,22,27). The molecule has 0 amide bonds. The Kier molecular flexibility index (Phi) is 6.22. The lowest BCUT2D eigenvalue weighted by Gasteiger charge is -2.07. The number of nitrogens with zero attached hydrogens (tertiary/aromatic N) is 3. The van der Waals surface area contributed by atoms with Crippen LogP contribution in [0, 0.1) is 4.77 Å². The van der Waals surface area contributed by atoms with Gasteiger partial charge in [0.25, 0.3) is 0 Å². The van der Waals surface area contributed by atoms with Crippen LogP contribution >= 0.6 is 12.2 Å². The lowest BCUT2D eigenvalue weighted by atomic mass is 10.2. The largest absolute Gasteiger partial charge is 0.494 e. The molecule has 140 valence electrons. The van der Waals surface area contributed by atoms with Crippen molar-refractivity contribution in [3.8, 4) is 22.9 Å². The van der Waals surface area contributed by atoms with E-state index in [1.54, 1.807) is 10.9 Å². The van der Waals surface area contributed by atoms with Gasteiger partial charge in [0.05, 0.1) is 19.4 Å². The molecule has 1 heterocycles. The van der Waals surface area contributed by atoms with E-state index in [0.717, 1.165) is 22.6 Å². The summed E-state index contributed by atoms with van der Waals surface area (Å²) in [5, 5.41) is 11.3. The van der Waals surface area contributed by atoms with E-state index in [4.69, 9.17) is 21.7 Å². The van der Waals surface area contributed by atoms with E-state index < -0.39 is 0 Å². The van der Waals surface area contributed by atoms with Gasteiger partial charge in [0.2, 0.25) is 4.77 Å². The third-order valence-electron chi connectivity index (χ3n) is 3.66. The van der Waals surface area contributed by atoms with Gasteiger partial charge in [-0.1, -0.05) is 0 Å². The first-order valence-corrected chi connectivity index (χ1v) is 9.04. The minimum absolute atomic E-state index is 0.419. The van der Waals surface area contributed by atoms with Gasteiger partial charge in [-0.05, 0) is 80.2 Å². The number of hydrogen-bond acceptors (Lipinski definition) is 6. The second-order valence-electron chi connectivity index (χ2n) is 5.51. The molecule has 0 aliphatic heterocycles. The summed E-state index contributed by atoms with van der Waals surface area (Å²) in [5.74, 6) is 2.27. The molecule has 0 aliphatic carbocycles. The molecular weight excluding hydrogens is 362 g/mol. The smallest absolute Gasteiger partial charge is 0.216 e. The maximum atomic E-state index is 5.47. The molecule has 0 atom stereocenters. The summed E-state index contributed by atoms with van der Waals surface area (Å²) in [4.78, 5) is 0. The highest BCUT2D eigenvalue weighted by Crippen LogP contribution is 2.20. The molecule has 0 saturated heterocycles. The zero-order chi connectivity index (χ0) is 19.1. The lowest BCUT2D eigenvalue weighted by molar-refractivity contribution is 0.340. The lowest BCUT2D eigenvalue weighted by Crippen LogP contribution is -2.10. The SMILES string of the molecule is CCOc1ccc(C=NNn2c(-c3ccc(OCC)cc3)n[nH]c2=S)cc1. The van der Waals surface area contributed by atoms with Crippen molar-refractivity contribution < 1.29 is 9.47 Å². The Morgan fingerprint density at radius 1 is 1.04 bits per heavy atom. The molecule has 3 rings (SSSR count). The van der Waals surface area contributed by atoms with Gasteiger partial charge < -0.3 is 9.47 Å². The Bertz CT molecular complexity index is 945. The van der Waals surface area contributed by atoms with Crippen molar-refractivity contribution >= 4 is 18.4 Å². The summed E-state index contributed by atoms with van der Waals surface area (Å²) < 4.78 is 12.9. The van der Waals surface area contributed by atoms with Gasteiger partial charge in [-0.2, -0.15) is 14.9 Å². The van der Waals surface area contributed by atoms with Crippen molar-refractivity contribution in [1.29, 1.82) is 0 Å². The zero-order valence-electron chi connectivity index (χ0n) is 15.2. The number of rotatable bonds is 8. The molecule has 2 N–H and O–H groups in total. The van der Waals surface area contributed by atoms with Crippen molar-refractivity contribution in [2.24, 2.45) is 5.10 Å². The van der Waals surface area contributed by atoms with Crippen LogP contribution in [-0.2, 0) is 0 Å². The average Bonchev–Trinajstić information content (AvgIpc) is 3.05. The maximum absolute atomic E-state index is 5.47. The molecule has 7 nitrogen and oxygen atoms in total. The summed E-state index contributed by atoms with van der Waals surface area (Å²) in [6, 6.07) is 15.3. The molecule has 0 fully saturated rings. The predicted molar refractivity (Wildman–Crippen MR) is 109 cm³/mol. The van der Waals surface area contributed by atoms with Crippen LogP contribution in [0.2, 0.25) is 0 Å². The molecular formula is C19H21N5O2S.